The lowest BCUT2D eigenvalue weighted by Gasteiger charge is -2.37. The van der Waals surface area contributed by atoms with Crippen molar-refractivity contribution in [2.75, 3.05) is 51.3 Å². The number of amides is 1. The standard InChI is InChI=1S/C23H31N5O2/c1-30-20-9-7-19(8-10-20)21-6-3-2-4-13-28(21)18-22(29)26-14-16-27(17-15-26)23-24-11-5-12-25-23/h5,7-12,21H,2-4,6,13-18H2,1H3/t21-/m0/s1. The molecule has 0 radical (unpaired) electrons. The Kier molecular flexibility index (Phi) is 6.79. The highest BCUT2D eigenvalue weighted by molar-refractivity contribution is 5.78. The number of carbonyl (C=O) groups excluding carboxylic acids is 1. The van der Waals surface area contributed by atoms with Crippen molar-refractivity contribution in [3.8, 4) is 5.75 Å². The second-order valence-electron chi connectivity index (χ2n) is 8.03. The molecule has 1 aromatic heterocycles. The Morgan fingerprint density at radius 1 is 1.00 bits per heavy atom. The van der Waals surface area contributed by atoms with E-state index in [9.17, 15) is 4.79 Å². The number of carbonyl (C=O) groups is 1. The molecule has 0 aliphatic carbocycles. The molecule has 3 heterocycles. The Hall–Kier alpha value is -2.67. The van der Waals surface area contributed by atoms with E-state index in [2.05, 4.69) is 31.9 Å². The molecule has 30 heavy (non-hydrogen) atoms. The van der Waals surface area contributed by atoms with Crippen LogP contribution in [0.25, 0.3) is 0 Å². The van der Waals surface area contributed by atoms with Gasteiger partial charge in [0.1, 0.15) is 5.75 Å². The predicted molar refractivity (Wildman–Crippen MR) is 117 cm³/mol. The van der Waals surface area contributed by atoms with Crippen LogP contribution in [0.2, 0.25) is 0 Å². The molecule has 0 unspecified atom stereocenters. The normalized spacial score (nSPS) is 20.6. The largest absolute Gasteiger partial charge is 0.497 e. The van der Waals surface area contributed by atoms with Gasteiger partial charge in [0.25, 0.3) is 0 Å². The molecule has 2 saturated heterocycles. The molecule has 160 valence electrons. The predicted octanol–water partition coefficient (Wildman–Crippen LogP) is 2.75. The number of hydrogen-bond acceptors (Lipinski definition) is 6. The average Bonchev–Trinajstić information content (AvgIpc) is 3.05. The third-order valence-corrected chi connectivity index (χ3v) is 6.17. The van der Waals surface area contributed by atoms with E-state index < -0.39 is 0 Å². The van der Waals surface area contributed by atoms with Crippen LogP contribution in [0.4, 0.5) is 5.95 Å². The highest BCUT2D eigenvalue weighted by atomic mass is 16.5. The lowest BCUT2D eigenvalue weighted by Crippen LogP contribution is -2.52. The fourth-order valence-corrected chi connectivity index (χ4v) is 4.44. The molecule has 2 aromatic rings. The number of rotatable bonds is 5. The maximum absolute atomic E-state index is 13.1. The summed E-state index contributed by atoms with van der Waals surface area (Å²) >= 11 is 0. The summed E-state index contributed by atoms with van der Waals surface area (Å²) in [6.07, 6.45) is 8.21. The number of likely N-dealkylation sites (tertiary alicyclic amines) is 1. The number of aromatic nitrogens is 2. The minimum atomic E-state index is 0.226. The van der Waals surface area contributed by atoms with Crippen LogP contribution >= 0.6 is 0 Å². The SMILES string of the molecule is COc1ccc([C@@H]2CCCCCN2CC(=O)N2CCN(c3ncccn3)CC2)cc1. The van der Waals surface area contributed by atoms with E-state index in [1.165, 1.54) is 18.4 Å². The zero-order valence-corrected chi connectivity index (χ0v) is 17.7. The van der Waals surface area contributed by atoms with Gasteiger partial charge in [-0.1, -0.05) is 25.0 Å². The van der Waals surface area contributed by atoms with Crippen LogP contribution in [-0.2, 0) is 4.79 Å². The van der Waals surface area contributed by atoms with Crippen molar-refractivity contribution in [3.05, 3.63) is 48.3 Å². The number of ether oxygens (including phenoxy) is 1. The first-order valence-corrected chi connectivity index (χ1v) is 10.9. The number of methoxy groups -OCH3 is 1. The summed E-state index contributed by atoms with van der Waals surface area (Å²) in [4.78, 5) is 28.3. The van der Waals surface area contributed by atoms with E-state index in [0.29, 0.717) is 12.6 Å². The Labute approximate surface area is 178 Å². The molecule has 0 N–H and O–H groups in total. The van der Waals surface area contributed by atoms with Crippen molar-refractivity contribution in [2.45, 2.75) is 31.7 Å². The third-order valence-electron chi connectivity index (χ3n) is 6.17. The zero-order chi connectivity index (χ0) is 20.8. The molecular weight excluding hydrogens is 378 g/mol. The van der Waals surface area contributed by atoms with Crippen molar-refractivity contribution >= 4 is 11.9 Å². The Morgan fingerprint density at radius 3 is 2.43 bits per heavy atom. The van der Waals surface area contributed by atoms with Crippen LogP contribution < -0.4 is 9.64 Å². The summed E-state index contributed by atoms with van der Waals surface area (Å²) in [6.45, 7) is 4.45. The summed E-state index contributed by atoms with van der Waals surface area (Å²) in [6, 6.07) is 10.4. The van der Waals surface area contributed by atoms with E-state index in [4.69, 9.17) is 4.74 Å². The van der Waals surface area contributed by atoms with E-state index in [1.807, 2.05) is 23.1 Å². The van der Waals surface area contributed by atoms with Gasteiger partial charge in [0.2, 0.25) is 11.9 Å². The molecular formula is C23H31N5O2. The Balaban J connectivity index is 1.38. The number of hydrogen-bond donors (Lipinski definition) is 0. The van der Waals surface area contributed by atoms with Gasteiger partial charge in [-0.2, -0.15) is 0 Å². The van der Waals surface area contributed by atoms with Gasteiger partial charge in [0.15, 0.2) is 0 Å². The van der Waals surface area contributed by atoms with Crippen molar-refractivity contribution in [1.29, 1.82) is 0 Å². The van der Waals surface area contributed by atoms with E-state index >= 15 is 0 Å². The van der Waals surface area contributed by atoms with Gasteiger partial charge in [0.05, 0.1) is 13.7 Å². The molecule has 1 aromatic carbocycles. The summed E-state index contributed by atoms with van der Waals surface area (Å²) in [7, 11) is 1.69. The third kappa shape index (κ3) is 4.90. The quantitative estimate of drug-likeness (QED) is 0.757. The molecule has 7 heteroatoms. The van der Waals surface area contributed by atoms with Gasteiger partial charge >= 0.3 is 0 Å². The molecule has 4 rings (SSSR count). The Morgan fingerprint density at radius 2 is 1.73 bits per heavy atom. The fraction of sp³-hybridized carbons (Fsp3) is 0.522. The van der Waals surface area contributed by atoms with E-state index in [0.717, 1.165) is 57.3 Å². The van der Waals surface area contributed by atoms with Crippen molar-refractivity contribution in [1.82, 2.24) is 19.8 Å². The molecule has 2 fully saturated rings. The summed E-state index contributed by atoms with van der Waals surface area (Å²) < 4.78 is 5.31. The minimum absolute atomic E-state index is 0.226. The summed E-state index contributed by atoms with van der Waals surface area (Å²) in [5.41, 5.74) is 1.27. The van der Waals surface area contributed by atoms with E-state index in [-0.39, 0.29) is 5.91 Å². The molecule has 2 aliphatic rings. The molecule has 0 bridgehead atoms. The zero-order valence-electron chi connectivity index (χ0n) is 17.7. The average molecular weight is 410 g/mol. The van der Waals surface area contributed by atoms with Gasteiger partial charge in [-0.25, -0.2) is 9.97 Å². The molecule has 2 aliphatic heterocycles. The van der Waals surface area contributed by atoms with Gasteiger partial charge in [0, 0.05) is 44.6 Å². The monoisotopic (exact) mass is 409 g/mol. The molecule has 0 spiro atoms. The van der Waals surface area contributed by atoms with Crippen molar-refractivity contribution < 1.29 is 9.53 Å². The lowest BCUT2D eigenvalue weighted by molar-refractivity contribution is -0.133. The second-order valence-corrected chi connectivity index (χ2v) is 8.03. The summed E-state index contributed by atoms with van der Waals surface area (Å²) in [5.74, 6) is 1.84. The number of nitrogens with zero attached hydrogens (tertiary/aromatic N) is 5. The first-order valence-electron chi connectivity index (χ1n) is 10.9. The number of benzene rings is 1. The maximum Gasteiger partial charge on any atom is 0.236 e. The fourth-order valence-electron chi connectivity index (χ4n) is 4.44. The first-order chi connectivity index (χ1) is 14.7. The van der Waals surface area contributed by atoms with Crippen molar-refractivity contribution in [2.24, 2.45) is 0 Å². The number of piperazine rings is 1. The first kappa shape index (κ1) is 20.6. The van der Waals surface area contributed by atoms with Crippen LogP contribution in [0.15, 0.2) is 42.7 Å². The number of anilines is 1. The van der Waals surface area contributed by atoms with Crippen LogP contribution in [0, 0.1) is 0 Å². The molecule has 0 saturated carbocycles. The highest BCUT2D eigenvalue weighted by Crippen LogP contribution is 2.31. The van der Waals surface area contributed by atoms with Crippen LogP contribution in [0.1, 0.15) is 37.3 Å². The topological polar surface area (TPSA) is 61.8 Å². The van der Waals surface area contributed by atoms with Crippen LogP contribution in [-0.4, -0.2) is 72.1 Å². The minimum Gasteiger partial charge on any atom is -0.497 e. The second kappa shape index (κ2) is 9.89. The maximum atomic E-state index is 13.1. The van der Waals surface area contributed by atoms with E-state index in [1.54, 1.807) is 19.5 Å². The van der Waals surface area contributed by atoms with Crippen LogP contribution in [0.3, 0.4) is 0 Å². The lowest BCUT2D eigenvalue weighted by atomic mass is 10.0. The van der Waals surface area contributed by atoms with Crippen molar-refractivity contribution in [3.63, 3.8) is 0 Å². The van der Waals surface area contributed by atoms with Gasteiger partial charge in [-0.3, -0.25) is 9.69 Å². The van der Waals surface area contributed by atoms with Gasteiger partial charge < -0.3 is 14.5 Å². The van der Waals surface area contributed by atoms with Gasteiger partial charge in [-0.05, 0) is 43.1 Å². The molecule has 7 nitrogen and oxygen atoms in total. The summed E-state index contributed by atoms with van der Waals surface area (Å²) in [5, 5.41) is 0. The smallest absolute Gasteiger partial charge is 0.236 e. The van der Waals surface area contributed by atoms with Gasteiger partial charge in [-0.15, -0.1) is 0 Å². The molecule has 1 atom stereocenters. The Bertz CT molecular complexity index is 806. The molecule has 1 amide bonds. The highest BCUT2D eigenvalue weighted by Gasteiger charge is 2.28. The van der Waals surface area contributed by atoms with Crippen LogP contribution in [0.5, 0.6) is 5.75 Å².